The van der Waals surface area contributed by atoms with Gasteiger partial charge in [0.15, 0.2) is 0 Å². The fraction of sp³-hybridized carbons (Fsp3) is 0.919. The number of unbranched alkanes of at least 4 members (excludes halogenated alkanes) is 13. The summed E-state index contributed by atoms with van der Waals surface area (Å²) in [7, 11) is 0. The Kier molecular flexibility index (Phi) is 24.4. The second-order valence-electron chi connectivity index (χ2n) is 13.5. The van der Waals surface area contributed by atoms with Crippen molar-refractivity contribution in [2.45, 2.75) is 218 Å². The predicted molar refractivity (Wildman–Crippen MR) is 180 cm³/mol. The van der Waals surface area contributed by atoms with Gasteiger partial charge in [-0.15, -0.1) is 0 Å². The van der Waals surface area contributed by atoms with Crippen LogP contribution in [0.2, 0.25) is 0 Å². The van der Waals surface area contributed by atoms with Crippen LogP contribution in [0.4, 0.5) is 0 Å². The van der Waals surface area contributed by atoms with Crippen molar-refractivity contribution in [3.05, 3.63) is 11.6 Å². The maximum atomic E-state index is 11.4. The Morgan fingerprint density at radius 1 is 0.682 bits per heavy atom. The molecule has 4 N–H and O–H groups in total. The lowest BCUT2D eigenvalue weighted by Crippen LogP contribution is -2.26. The minimum absolute atomic E-state index is 0.0325. The Hall–Kier alpha value is -0.990. The molecule has 0 bridgehead atoms. The second-order valence-corrected chi connectivity index (χ2v) is 13.5. The highest BCUT2D eigenvalue weighted by Gasteiger charge is 2.28. The summed E-state index contributed by atoms with van der Waals surface area (Å²) < 4.78 is 10.7. The molecule has 7 heteroatoms. The molecule has 0 radical (unpaired) electrons. The molecule has 2 unspecified atom stereocenters. The Morgan fingerprint density at radius 2 is 1.16 bits per heavy atom. The van der Waals surface area contributed by atoms with Crippen molar-refractivity contribution in [2.24, 2.45) is 0 Å². The van der Waals surface area contributed by atoms with E-state index >= 15 is 0 Å². The molecule has 0 aromatic rings. The fourth-order valence-electron chi connectivity index (χ4n) is 6.18. The first-order chi connectivity index (χ1) is 21.2. The van der Waals surface area contributed by atoms with E-state index in [-0.39, 0.29) is 24.3 Å². The van der Waals surface area contributed by atoms with Crippen LogP contribution in [0.3, 0.4) is 0 Å². The van der Waals surface area contributed by atoms with E-state index in [1.54, 1.807) is 0 Å². The average Bonchev–Trinajstić information content (AvgIpc) is 3.57. The second kappa shape index (κ2) is 26.1. The monoisotopic (exact) mass is 627 g/mol. The lowest BCUT2D eigenvalue weighted by atomic mass is 9.99. The van der Waals surface area contributed by atoms with Crippen LogP contribution < -0.4 is 0 Å². The molecule has 7 atom stereocenters. The fourth-order valence-corrected chi connectivity index (χ4v) is 6.18. The van der Waals surface area contributed by atoms with Gasteiger partial charge in [-0.05, 0) is 58.4 Å². The first-order valence-electron chi connectivity index (χ1n) is 18.5. The van der Waals surface area contributed by atoms with E-state index in [4.69, 9.17) is 9.47 Å². The SMILES string of the molecule is CCCCCC(O)C(O)CCCCCC[C@H](O)[C@@H]1CC[C@@H](C)O1.CCCCCCCCCCC[C@@H](O)CC1=C[C@H](C)OC1=O. The molecule has 0 aromatic carbocycles. The normalized spacial score (nSPS) is 22.6. The maximum absolute atomic E-state index is 11.4. The van der Waals surface area contributed by atoms with Gasteiger partial charge in [0.25, 0.3) is 0 Å². The molecule has 7 nitrogen and oxygen atoms in total. The van der Waals surface area contributed by atoms with Gasteiger partial charge in [-0.3, -0.25) is 0 Å². The molecule has 0 aromatic heterocycles. The van der Waals surface area contributed by atoms with Gasteiger partial charge in [-0.25, -0.2) is 4.79 Å². The first-order valence-corrected chi connectivity index (χ1v) is 18.5. The third-order valence-electron chi connectivity index (χ3n) is 9.08. The van der Waals surface area contributed by atoms with Crippen molar-refractivity contribution in [1.82, 2.24) is 0 Å². The minimum Gasteiger partial charge on any atom is -0.455 e. The van der Waals surface area contributed by atoms with E-state index in [9.17, 15) is 25.2 Å². The van der Waals surface area contributed by atoms with Gasteiger partial charge in [-0.1, -0.05) is 117 Å². The summed E-state index contributed by atoms with van der Waals surface area (Å²) in [4.78, 5) is 11.4. The zero-order valence-electron chi connectivity index (χ0n) is 28.9. The number of cyclic esters (lactones) is 1. The average molecular weight is 627 g/mol. The zero-order valence-corrected chi connectivity index (χ0v) is 28.9. The molecule has 0 aliphatic carbocycles. The third-order valence-corrected chi connectivity index (χ3v) is 9.08. The molecule has 260 valence electrons. The number of ether oxygens (including phenoxy) is 2. The molecule has 44 heavy (non-hydrogen) atoms. The zero-order chi connectivity index (χ0) is 32.6. The Balaban J connectivity index is 0.000000442. The van der Waals surface area contributed by atoms with E-state index in [1.807, 2.05) is 13.0 Å². The smallest absolute Gasteiger partial charge is 0.334 e. The van der Waals surface area contributed by atoms with Crippen LogP contribution in [-0.4, -0.2) is 69.1 Å². The summed E-state index contributed by atoms with van der Waals surface area (Å²) in [5.74, 6) is -0.256. The summed E-state index contributed by atoms with van der Waals surface area (Å²) in [5.41, 5.74) is 0.644. The van der Waals surface area contributed by atoms with Gasteiger partial charge in [0, 0.05) is 12.0 Å². The number of carbonyl (C=O) groups is 1. The lowest BCUT2D eigenvalue weighted by molar-refractivity contribution is -0.139. The lowest BCUT2D eigenvalue weighted by Gasteiger charge is -2.19. The highest BCUT2D eigenvalue weighted by molar-refractivity contribution is 5.90. The molecule has 2 rings (SSSR count). The molecular formula is C37H70O7. The van der Waals surface area contributed by atoms with Crippen molar-refractivity contribution in [3.63, 3.8) is 0 Å². The molecule has 0 saturated carbocycles. The number of hydrogen-bond donors (Lipinski definition) is 4. The summed E-state index contributed by atoms with van der Waals surface area (Å²) >= 11 is 0. The van der Waals surface area contributed by atoms with E-state index in [2.05, 4.69) is 20.8 Å². The minimum atomic E-state index is -0.578. The Labute approximate surface area is 270 Å². The highest BCUT2D eigenvalue weighted by Crippen LogP contribution is 2.24. The van der Waals surface area contributed by atoms with Crippen LogP contribution >= 0.6 is 0 Å². The van der Waals surface area contributed by atoms with E-state index in [1.165, 1.54) is 51.4 Å². The number of aliphatic hydroxyl groups is 4. The maximum Gasteiger partial charge on any atom is 0.334 e. The molecule has 0 spiro atoms. The van der Waals surface area contributed by atoms with Crippen molar-refractivity contribution in [3.8, 4) is 0 Å². The molecule has 2 aliphatic heterocycles. The molecule has 2 aliphatic rings. The molecule has 1 fully saturated rings. The van der Waals surface area contributed by atoms with Crippen LogP contribution in [-0.2, 0) is 14.3 Å². The number of aliphatic hydroxyl groups excluding tert-OH is 4. The van der Waals surface area contributed by atoms with Gasteiger partial charge < -0.3 is 29.9 Å². The van der Waals surface area contributed by atoms with E-state index in [0.29, 0.717) is 30.9 Å². The Bertz CT molecular complexity index is 727. The van der Waals surface area contributed by atoms with Crippen LogP contribution in [0.5, 0.6) is 0 Å². The molecule has 2 heterocycles. The third kappa shape index (κ3) is 20.2. The molecule has 1 saturated heterocycles. The van der Waals surface area contributed by atoms with E-state index < -0.39 is 18.3 Å². The quantitative estimate of drug-likeness (QED) is 0.0598. The predicted octanol–water partition coefficient (Wildman–Crippen LogP) is 8.09. The largest absolute Gasteiger partial charge is 0.455 e. The highest BCUT2D eigenvalue weighted by atomic mass is 16.5. The van der Waals surface area contributed by atoms with Crippen molar-refractivity contribution < 1.29 is 34.7 Å². The van der Waals surface area contributed by atoms with Crippen LogP contribution in [0.1, 0.15) is 175 Å². The van der Waals surface area contributed by atoms with Crippen LogP contribution in [0, 0.1) is 0 Å². The number of esters is 1. The Morgan fingerprint density at radius 3 is 1.66 bits per heavy atom. The topological polar surface area (TPSA) is 116 Å². The number of hydrogen-bond acceptors (Lipinski definition) is 7. The van der Waals surface area contributed by atoms with Crippen molar-refractivity contribution in [1.29, 1.82) is 0 Å². The number of carbonyl (C=O) groups excluding carboxylic acids is 1. The summed E-state index contributed by atoms with van der Waals surface area (Å²) in [6.45, 7) is 8.29. The van der Waals surface area contributed by atoms with E-state index in [0.717, 1.165) is 77.0 Å². The van der Waals surface area contributed by atoms with Gasteiger partial charge in [0.1, 0.15) is 6.10 Å². The summed E-state index contributed by atoms with van der Waals surface area (Å²) in [6, 6.07) is 0. The van der Waals surface area contributed by atoms with Gasteiger partial charge in [0.2, 0.25) is 0 Å². The van der Waals surface area contributed by atoms with Gasteiger partial charge in [-0.2, -0.15) is 0 Å². The summed E-state index contributed by atoms with van der Waals surface area (Å²) in [5, 5.41) is 39.8. The molecule has 0 amide bonds. The standard InChI is InChI=1S/C19H38O4.C18H32O3/c1-3-4-7-10-16(20)17(21)11-8-5-6-9-12-18(22)19-14-13-15(2)23-19;1-3-4-5-6-7-8-9-10-11-12-17(19)14-16-13-15(2)21-18(16)20/h15-22H,3-14H2,1-2H3;13,15,17,19H,3-12,14H2,1-2H3/t15-,16?,17?,18+,19+;15-,17+/m10/s1. The summed E-state index contributed by atoms with van der Waals surface area (Å²) in [6.07, 6.45) is 24.5. The van der Waals surface area contributed by atoms with Gasteiger partial charge in [0.05, 0.1) is 36.6 Å². The van der Waals surface area contributed by atoms with Crippen molar-refractivity contribution >= 4 is 5.97 Å². The van der Waals surface area contributed by atoms with Gasteiger partial charge >= 0.3 is 5.97 Å². The number of rotatable bonds is 25. The molecular weight excluding hydrogens is 556 g/mol. The van der Waals surface area contributed by atoms with Crippen LogP contribution in [0.15, 0.2) is 11.6 Å². The van der Waals surface area contributed by atoms with Crippen LogP contribution in [0.25, 0.3) is 0 Å². The van der Waals surface area contributed by atoms with Crippen molar-refractivity contribution in [2.75, 3.05) is 0 Å². The first kappa shape index (κ1) is 41.0.